The molecule has 28 heavy (non-hydrogen) atoms. The van der Waals surface area contributed by atoms with Crippen molar-refractivity contribution in [1.82, 2.24) is 4.90 Å². The molecule has 0 bridgehead atoms. The summed E-state index contributed by atoms with van der Waals surface area (Å²) in [7, 11) is 0. The number of ether oxygens (including phenoxy) is 1. The highest BCUT2D eigenvalue weighted by Crippen LogP contribution is 2.23. The summed E-state index contributed by atoms with van der Waals surface area (Å²) in [5.41, 5.74) is 1.37. The van der Waals surface area contributed by atoms with Crippen LogP contribution in [0.2, 0.25) is 0 Å². The topological polar surface area (TPSA) is 80.0 Å². The molecule has 0 aliphatic carbocycles. The number of carbonyl (C=O) groups excluding carboxylic acids is 1. The van der Waals surface area contributed by atoms with Crippen LogP contribution >= 0.6 is 0 Å². The van der Waals surface area contributed by atoms with Crippen LogP contribution in [-0.4, -0.2) is 41.7 Å². The van der Waals surface area contributed by atoms with Gasteiger partial charge < -0.3 is 19.2 Å². The van der Waals surface area contributed by atoms with Gasteiger partial charge in [0.15, 0.2) is 6.61 Å². The normalized spacial score (nSPS) is 15.0. The predicted molar refractivity (Wildman–Crippen MR) is 105 cm³/mol. The van der Waals surface area contributed by atoms with E-state index in [2.05, 4.69) is 0 Å². The Morgan fingerprint density at radius 3 is 2.57 bits per heavy atom. The number of carbonyl (C=O) groups is 1. The molecule has 0 unspecified atom stereocenters. The van der Waals surface area contributed by atoms with E-state index >= 15 is 0 Å². The van der Waals surface area contributed by atoms with Gasteiger partial charge in [0.05, 0.1) is 11.7 Å². The average molecular weight is 379 g/mol. The molecule has 1 amide bonds. The number of hydrogen-bond acceptors (Lipinski definition) is 5. The fourth-order valence-corrected chi connectivity index (χ4v) is 3.35. The minimum Gasteiger partial charge on any atom is -0.484 e. The molecule has 1 aliphatic heterocycles. The number of likely N-dealkylation sites (tertiary alicyclic amines) is 1. The first-order valence-corrected chi connectivity index (χ1v) is 9.32. The first-order valence-electron chi connectivity index (χ1n) is 9.32. The minimum absolute atomic E-state index is 0.0481. The zero-order chi connectivity index (χ0) is 19.5. The third kappa shape index (κ3) is 3.92. The number of aliphatic hydroxyl groups is 1. The molecule has 0 atom stereocenters. The number of amides is 1. The van der Waals surface area contributed by atoms with Crippen molar-refractivity contribution in [2.45, 2.75) is 18.9 Å². The van der Waals surface area contributed by atoms with Crippen molar-refractivity contribution in [2.24, 2.45) is 0 Å². The number of fused-ring (bicyclic) bond motifs is 1. The molecule has 6 nitrogen and oxygen atoms in total. The molecule has 3 aromatic rings. The van der Waals surface area contributed by atoms with Gasteiger partial charge in [-0.2, -0.15) is 0 Å². The molecule has 144 valence electrons. The molecule has 1 aliphatic rings. The number of aliphatic hydroxyl groups excluding tert-OH is 1. The van der Waals surface area contributed by atoms with Gasteiger partial charge in [0.1, 0.15) is 11.3 Å². The lowest BCUT2D eigenvalue weighted by Crippen LogP contribution is -2.42. The third-order valence-corrected chi connectivity index (χ3v) is 4.99. The summed E-state index contributed by atoms with van der Waals surface area (Å²) >= 11 is 0. The van der Waals surface area contributed by atoms with Crippen LogP contribution in [0.5, 0.6) is 5.75 Å². The van der Waals surface area contributed by atoms with Crippen LogP contribution in [0.25, 0.3) is 22.1 Å². The lowest BCUT2D eigenvalue weighted by molar-refractivity contribution is -0.135. The number of piperidine rings is 1. The molecule has 2 aromatic carbocycles. The van der Waals surface area contributed by atoms with Gasteiger partial charge in [-0.15, -0.1) is 0 Å². The molecule has 1 aromatic heterocycles. The maximum atomic E-state index is 12.3. The van der Waals surface area contributed by atoms with E-state index in [1.165, 1.54) is 0 Å². The lowest BCUT2D eigenvalue weighted by atomic mass is 10.1. The van der Waals surface area contributed by atoms with Gasteiger partial charge in [-0.05, 0) is 42.7 Å². The number of nitrogens with zero attached hydrogens (tertiary/aromatic N) is 1. The molecule has 1 fully saturated rings. The van der Waals surface area contributed by atoms with E-state index in [-0.39, 0.29) is 18.6 Å². The third-order valence-electron chi connectivity index (χ3n) is 4.99. The van der Waals surface area contributed by atoms with Crippen LogP contribution in [-0.2, 0) is 4.79 Å². The summed E-state index contributed by atoms with van der Waals surface area (Å²) in [6.45, 7) is 1.06. The van der Waals surface area contributed by atoms with Crippen LogP contribution in [0.1, 0.15) is 12.8 Å². The van der Waals surface area contributed by atoms with Crippen molar-refractivity contribution in [3.05, 3.63) is 65.0 Å². The fourth-order valence-electron chi connectivity index (χ4n) is 3.35. The highest BCUT2D eigenvalue weighted by atomic mass is 16.5. The molecular weight excluding hydrogens is 358 g/mol. The second-order valence-electron chi connectivity index (χ2n) is 6.91. The smallest absolute Gasteiger partial charge is 0.344 e. The molecule has 6 heteroatoms. The molecule has 0 radical (unpaired) electrons. The monoisotopic (exact) mass is 379 g/mol. The molecule has 2 heterocycles. The van der Waals surface area contributed by atoms with Crippen LogP contribution in [0.3, 0.4) is 0 Å². The Morgan fingerprint density at radius 2 is 1.82 bits per heavy atom. The number of hydrogen-bond donors (Lipinski definition) is 1. The van der Waals surface area contributed by atoms with Gasteiger partial charge in [-0.1, -0.05) is 30.3 Å². The van der Waals surface area contributed by atoms with Gasteiger partial charge in [0.2, 0.25) is 0 Å². The summed E-state index contributed by atoms with van der Waals surface area (Å²) in [4.78, 5) is 26.2. The Balaban J connectivity index is 1.43. The van der Waals surface area contributed by atoms with Crippen molar-refractivity contribution in [3.63, 3.8) is 0 Å². The summed E-state index contributed by atoms with van der Waals surface area (Å²) in [5.74, 6) is 0.463. The Kier molecular flexibility index (Phi) is 5.12. The van der Waals surface area contributed by atoms with Gasteiger partial charge >= 0.3 is 5.63 Å². The van der Waals surface area contributed by atoms with E-state index in [1.54, 1.807) is 35.2 Å². The average Bonchev–Trinajstić information content (AvgIpc) is 2.72. The Hall–Kier alpha value is -3.12. The molecule has 1 saturated heterocycles. The van der Waals surface area contributed by atoms with E-state index in [9.17, 15) is 14.7 Å². The van der Waals surface area contributed by atoms with E-state index in [1.807, 2.05) is 24.3 Å². The first-order chi connectivity index (χ1) is 13.6. The summed E-state index contributed by atoms with van der Waals surface area (Å²) in [6.07, 6.45) is 0.897. The van der Waals surface area contributed by atoms with E-state index in [0.29, 0.717) is 42.8 Å². The summed E-state index contributed by atoms with van der Waals surface area (Å²) < 4.78 is 11.0. The SMILES string of the molecule is O=C(COc1ccc(-c2cc3ccccc3oc2=O)cc1)N1CCC(O)CC1. The van der Waals surface area contributed by atoms with Crippen molar-refractivity contribution >= 4 is 16.9 Å². The largest absolute Gasteiger partial charge is 0.484 e. The predicted octanol–water partition coefficient (Wildman–Crippen LogP) is 2.82. The number of para-hydroxylation sites is 1. The second-order valence-corrected chi connectivity index (χ2v) is 6.91. The number of benzene rings is 2. The van der Waals surface area contributed by atoms with E-state index in [4.69, 9.17) is 9.15 Å². The molecule has 4 rings (SSSR count). The maximum absolute atomic E-state index is 12.3. The highest BCUT2D eigenvalue weighted by Gasteiger charge is 2.21. The van der Waals surface area contributed by atoms with E-state index < -0.39 is 5.63 Å². The van der Waals surface area contributed by atoms with Crippen LogP contribution in [0.15, 0.2) is 63.8 Å². The summed E-state index contributed by atoms with van der Waals surface area (Å²) in [5, 5.41) is 10.4. The number of rotatable bonds is 4. The zero-order valence-corrected chi connectivity index (χ0v) is 15.3. The quantitative estimate of drug-likeness (QED) is 0.705. The van der Waals surface area contributed by atoms with Crippen LogP contribution < -0.4 is 10.4 Å². The van der Waals surface area contributed by atoms with Crippen molar-refractivity contribution in [3.8, 4) is 16.9 Å². The molecular formula is C22H21NO5. The molecule has 1 N–H and O–H groups in total. The van der Waals surface area contributed by atoms with Crippen LogP contribution in [0, 0.1) is 0 Å². The van der Waals surface area contributed by atoms with Crippen molar-refractivity contribution in [2.75, 3.05) is 19.7 Å². The van der Waals surface area contributed by atoms with Gasteiger partial charge in [-0.25, -0.2) is 4.79 Å². The second kappa shape index (κ2) is 7.86. The van der Waals surface area contributed by atoms with Crippen molar-refractivity contribution < 1.29 is 19.1 Å². The maximum Gasteiger partial charge on any atom is 0.344 e. The standard InChI is InChI=1S/C22H21NO5/c24-17-9-11-23(12-10-17)21(25)14-27-18-7-5-15(6-8-18)19-13-16-3-1-2-4-20(16)28-22(19)26/h1-8,13,17,24H,9-12,14H2. The van der Waals surface area contributed by atoms with E-state index in [0.717, 1.165) is 10.9 Å². The summed E-state index contributed by atoms with van der Waals surface area (Å²) in [6, 6.07) is 16.2. The minimum atomic E-state index is -0.394. The highest BCUT2D eigenvalue weighted by molar-refractivity contribution is 5.81. The van der Waals surface area contributed by atoms with Crippen molar-refractivity contribution in [1.29, 1.82) is 0 Å². The Bertz CT molecular complexity index is 1030. The zero-order valence-electron chi connectivity index (χ0n) is 15.3. The Morgan fingerprint density at radius 1 is 1.11 bits per heavy atom. The van der Waals surface area contributed by atoms with Gasteiger partial charge in [-0.3, -0.25) is 4.79 Å². The van der Waals surface area contributed by atoms with Gasteiger partial charge in [0, 0.05) is 18.5 Å². The van der Waals surface area contributed by atoms with Crippen LogP contribution in [0.4, 0.5) is 0 Å². The molecule has 0 saturated carbocycles. The first kappa shape index (κ1) is 18.3. The fraction of sp³-hybridized carbons (Fsp3) is 0.273. The Labute approximate surface area is 162 Å². The lowest BCUT2D eigenvalue weighted by Gasteiger charge is -2.29. The molecule has 0 spiro atoms. The van der Waals surface area contributed by atoms with Gasteiger partial charge in [0.25, 0.3) is 5.91 Å².